The van der Waals surface area contributed by atoms with Crippen LogP contribution in [0, 0.1) is 13.5 Å². The molecule has 2 atom stereocenters. The van der Waals surface area contributed by atoms with Crippen LogP contribution in [0.25, 0.3) is 15.6 Å². The molecule has 2 aromatic carbocycles. The number of hydrogen-bond acceptors (Lipinski definition) is 7. The maximum absolute atomic E-state index is 12.7. The highest BCUT2D eigenvalue weighted by atomic mass is 16.5. The minimum absolute atomic E-state index is 0.111. The summed E-state index contributed by atoms with van der Waals surface area (Å²) in [5, 5.41) is 2.51. The van der Waals surface area contributed by atoms with Gasteiger partial charge in [0.25, 0.3) is 0 Å². The van der Waals surface area contributed by atoms with Gasteiger partial charge in [-0.2, -0.15) is 9.97 Å². The molecular formula is C34H43N7O2. The lowest BCUT2D eigenvalue weighted by Gasteiger charge is -2.34. The number of aryl methyl sites for hydroxylation is 1. The van der Waals surface area contributed by atoms with Crippen molar-refractivity contribution < 1.29 is 9.53 Å². The number of anilines is 2. The molecule has 1 amide bonds. The van der Waals surface area contributed by atoms with E-state index in [4.69, 9.17) is 21.3 Å². The Morgan fingerprint density at radius 2 is 2.00 bits per heavy atom. The summed E-state index contributed by atoms with van der Waals surface area (Å²) in [6.07, 6.45) is 6.33. The summed E-state index contributed by atoms with van der Waals surface area (Å²) in [6, 6.07) is 13.4. The zero-order valence-electron chi connectivity index (χ0n) is 26.1. The number of carbonyl (C=O) groups excluding carboxylic acids is 1. The van der Waals surface area contributed by atoms with Gasteiger partial charge in [-0.25, -0.2) is 6.57 Å². The minimum atomic E-state index is -0.285. The lowest BCUT2D eigenvalue weighted by atomic mass is 10.00. The van der Waals surface area contributed by atoms with Crippen molar-refractivity contribution in [3.05, 3.63) is 76.8 Å². The van der Waals surface area contributed by atoms with Crippen molar-refractivity contribution in [3.63, 3.8) is 0 Å². The third kappa shape index (κ3) is 6.60. The molecule has 1 saturated heterocycles. The number of amides is 1. The number of benzene rings is 2. The topological polar surface area (TPSA) is 69.4 Å². The van der Waals surface area contributed by atoms with Crippen LogP contribution < -0.4 is 14.5 Å². The van der Waals surface area contributed by atoms with E-state index < -0.39 is 0 Å². The first-order valence-corrected chi connectivity index (χ1v) is 15.2. The number of allylic oxidation sites excluding steroid dienone is 1. The molecule has 3 aromatic rings. The molecule has 0 spiro atoms. The van der Waals surface area contributed by atoms with Gasteiger partial charge >= 0.3 is 6.01 Å². The largest absolute Gasteiger partial charge is 0.462 e. The zero-order valence-corrected chi connectivity index (χ0v) is 26.1. The maximum atomic E-state index is 12.7. The summed E-state index contributed by atoms with van der Waals surface area (Å²) in [4.78, 5) is 34.7. The van der Waals surface area contributed by atoms with Gasteiger partial charge in [-0.1, -0.05) is 36.4 Å². The average Bonchev–Trinajstić information content (AvgIpc) is 3.42. The summed E-state index contributed by atoms with van der Waals surface area (Å²) in [7, 11) is 5.89. The Morgan fingerprint density at radius 1 is 1.21 bits per heavy atom. The Morgan fingerprint density at radius 3 is 2.72 bits per heavy atom. The molecule has 226 valence electrons. The summed E-state index contributed by atoms with van der Waals surface area (Å²) in [5.74, 6) is 0.704. The highest BCUT2D eigenvalue weighted by Crippen LogP contribution is 2.35. The molecule has 0 saturated carbocycles. The molecule has 0 unspecified atom stereocenters. The molecular weight excluding hydrogens is 538 g/mol. The first kappa shape index (κ1) is 30.3. The molecule has 43 heavy (non-hydrogen) atoms. The Balaban J connectivity index is 1.47. The Labute approximate surface area is 255 Å². The number of likely N-dealkylation sites (tertiary alicyclic amines) is 1. The van der Waals surface area contributed by atoms with Crippen LogP contribution in [0.2, 0.25) is 0 Å². The third-order valence-electron chi connectivity index (χ3n) is 8.88. The van der Waals surface area contributed by atoms with E-state index in [2.05, 4.69) is 69.9 Å². The van der Waals surface area contributed by atoms with E-state index in [1.165, 1.54) is 28.4 Å². The van der Waals surface area contributed by atoms with Crippen LogP contribution in [-0.4, -0.2) is 91.7 Å². The highest BCUT2D eigenvalue weighted by molar-refractivity contribution is 5.97. The van der Waals surface area contributed by atoms with Gasteiger partial charge in [0.05, 0.1) is 12.2 Å². The van der Waals surface area contributed by atoms with Gasteiger partial charge < -0.3 is 29.2 Å². The van der Waals surface area contributed by atoms with Gasteiger partial charge in [-0.15, -0.1) is 0 Å². The molecule has 2 aliphatic heterocycles. The van der Waals surface area contributed by atoms with E-state index in [0.29, 0.717) is 31.7 Å². The van der Waals surface area contributed by atoms with E-state index in [1.54, 1.807) is 24.1 Å². The number of ether oxygens (including phenoxy) is 1. The fraction of sp³-hybridized carbons (Fsp3) is 0.471. The predicted octanol–water partition coefficient (Wildman–Crippen LogP) is 4.73. The van der Waals surface area contributed by atoms with Crippen LogP contribution in [0.4, 0.5) is 11.5 Å². The fourth-order valence-electron chi connectivity index (χ4n) is 6.35. The van der Waals surface area contributed by atoms with Gasteiger partial charge in [0.1, 0.15) is 18.5 Å². The highest BCUT2D eigenvalue weighted by Gasteiger charge is 2.29. The van der Waals surface area contributed by atoms with Gasteiger partial charge in [-0.3, -0.25) is 4.79 Å². The summed E-state index contributed by atoms with van der Waals surface area (Å²) < 4.78 is 6.29. The molecule has 1 fully saturated rings. The van der Waals surface area contributed by atoms with Crippen molar-refractivity contribution in [2.75, 3.05) is 63.7 Å². The molecule has 9 heteroatoms. The van der Waals surface area contributed by atoms with Crippen molar-refractivity contribution in [1.82, 2.24) is 19.8 Å². The second-order valence-corrected chi connectivity index (χ2v) is 11.8. The lowest BCUT2D eigenvalue weighted by Crippen LogP contribution is -2.45. The summed E-state index contributed by atoms with van der Waals surface area (Å²) >= 11 is 0. The van der Waals surface area contributed by atoms with Crippen molar-refractivity contribution in [2.45, 2.75) is 51.7 Å². The van der Waals surface area contributed by atoms with E-state index >= 15 is 0 Å². The van der Waals surface area contributed by atoms with Crippen molar-refractivity contribution in [1.29, 1.82) is 0 Å². The van der Waals surface area contributed by atoms with Crippen LogP contribution in [0.1, 0.15) is 36.6 Å². The van der Waals surface area contributed by atoms with E-state index in [-0.39, 0.29) is 18.5 Å². The first-order chi connectivity index (χ1) is 20.8. The number of nitrogens with zero attached hydrogens (tertiary/aromatic N) is 7. The van der Waals surface area contributed by atoms with Gasteiger partial charge in [0.15, 0.2) is 0 Å². The molecule has 3 heterocycles. The lowest BCUT2D eigenvalue weighted by molar-refractivity contribution is -0.126. The first-order valence-electron chi connectivity index (χ1n) is 15.2. The Hall–Kier alpha value is -4.16. The minimum Gasteiger partial charge on any atom is -0.462 e. The number of hydrogen-bond donors (Lipinski definition) is 0. The van der Waals surface area contributed by atoms with Crippen molar-refractivity contribution in [3.8, 4) is 6.01 Å². The van der Waals surface area contributed by atoms with E-state index in [9.17, 15) is 4.79 Å². The van der Waals surface area contributed by atoms with Crippen LogP contribution in [0.15, 0.2) is 48.6 Å². The number of likely N-dealkylation sites (N-methyl/N-ethyl adjacent to an activating group) is 3. The fourth-order valence-corrected chi connectivity index (χ4v) is 6.35. The van der Waals surface area contributed by atoms with Crippen LogP contribution in [0.5, 0.6) is 6.01 Å². The third-order valence-corrected chi connectivity index (χ3v) is 8.88. The summed E-state index contributed by atoms with van der Waals surface area (Å²) in [5.41, 5.74) is 4.54. The quantitative estimate of drug-likeness (QED) is 0.253. The molecule has 0 aliphatic carbocycles. The number of rotatable bonds is 10. The van der Waals surface area contributed by atoms with Crippen molar-refractivity contribution in [2.24, 2.45) is 0 Å². The normalized spacial score (nSPS) is 17.6. The molecule has 0 N–H and O–H groups in total. The van der Waals surface area contributed by atoms with E-state index in [0.717, 1.165) is 43.0 Å². The summed E-state index contributed by atoms with van der Waals surface area (Å²) in [6.45, 7) is 15.3. The molecule has 0 radical (unpaired) electrons. The molecule has 0 bridgehead atoms. The molecule has 5 rings (SSSR count). The van der Waals surface area contributed by atoms with E-state index in [1.807, 2.05) is 14.0 Å². The Bertz CT molecular complexity index is 1530. The smallest absolute Gasteiger partial charge is 0.318 e. The monoisotopic (exact) mass is 581 g/mol. The van der Waals surface area contributed by atoms with Gasteiger partial charge in [0.2, 0.25) is 12.5 Å². The predicted molar refractivity (Wildman–Crippen MR) is 173 cm³/mol. The van der Waals surface area contributed by atoms with Crippen LogP contribution >= 0.6 is 0 Å². The van der Waals surface area contributed by atoms with Crippen LogP contribution in [-0.2, 0) is 17.8 Å². The standard InChI is InChI=1S/C34H43N7O2/c1-7-11-31(42)40(6)27(20-35-3)21-39(5)33-28-17-19-41(30-16-9-14-25-13-8-12-24(2)32(25)30)22-29(28)36-34(37-33)43-23-26-15-10-18-38(26)4/h7-9,11-14,16,26-27H,10,15,17-23H2,1-2,4-6H3/b11-7+/t26-,27-/m0/s1. The number of fused-ring (bicyclic) bond motifs is 2. The zero-order chi connectivity index (χ0) is 30.5. The second-order valence-electron chi connectivity index (χ2n) is 11.8. The van der Waals surface area contributed by atoms with Gasteiger partial charge in [0, 0.05) is 49.9 Å². The van der Waals surface area contributed by atoms with Crippen molar-refractivity contribution >= 4 is 28.2 Å². The Kier molecular flexibility index (Phi) is 9.46. The molecule has 9 nitrogen and oxygen atoms in total. The van der Waals surface area contributed by atoms with Gasteiger partial charge in [-0.05, 0) is 69.8 Å². The number of aromatic nitrogens is 2. The average molecular weight is 582 g/mol. The SMILES string of the molecule is [C-]#[N+]C[C@@H](CN(C)c1nc(OC[C@@H]2CCCN2C)nc2c1CCN(c1cccc3cccc(C)c13)C2)N(C)C(=O)/C=C/C. The molecule has 2 aliphatic rings. The molecule has 1 aromatic heterocycles. The maximum Gasteiger partial charge on any atom is 0.318 e. The second kappa shape index (κ2) is 13.4. The van der Waals surface area contributed by atoms with Crippen LogP contribution in [0.3, 0.4) is 0 Å². The number of carbonyl (C=O) groups is 1.